The van der Waals surface area contributed by atoms with E-state index in [2.05, 4.69) is 30.2 Å². The molecule has 1 rings (SSSR count). The van der Waals surface area contributed by atoms with Crippen molar-refractivity contribution in [1.82, 2.24) is 10.3 Å². The average molecular weight is 210 g/mol. The SMILES string of the molecule is CC(C)(O)CNCC(C)(C)c1ccc[nH]1. The van der Waals surface area contributed by atoms with Crippen LogP contribution in [0, 0.1) is 0 Å². The van der Waals surface area contributed by atoms with Gasteiger partial charge < -0.3 is 15.4 Å². The summed E-state index contributed by atoms with van der Waals surface area (Å²) in [5, 5.41) is 12.9. The lowest BCUT2D eigenvalue weighted by Gasteiger charge is -2.26. The number of H-pyrrole nitrogens is 1. The quantitative estimate of drug-likeness (QED) is 0.692. The van der Waals surface area contributed by atoms with Crippen molar-refractivity contribution in [2.75, 3.05) is 13.1 Å². The van der Waals surface area contributed by atoms with E-state index in [9.17, 15) is 5.11 Å². The highest BCUT2D eigenvalue weighted by molar-refractivity contribution is 5.15. The van der Waals surface area contributed by atoms with Crippen LogP contribution in [-0.2, 0) is 5.41 Å². The third kappa shape index (κ3) is 4.06. The Balaban J connectivity index is 2.44. The molecule has 0 saturated heterocycles. The molecule has 0 aliphatic heterocycles. The molecule has 15 heavy (non-hydrogen) atoms. The Hall–Kier alpha value is -0.800. The van der Waals surface area contributed by atoms with Gasteiger partial charge in [0.2, 0.25) is 0 Å². The number of aliphatic hydroxyl groups is 1. The fourth-order valence-electron chi connectivity index (χ4n) is 1.53. The number of aromatic nitrogens is 1. The Morgan fingerprint density at radius 2 is 1.93 bits per heavy atom. The summed E-state index contributed by atoms with van der Waals surface area (Å²) in [7, 11) is 0. The topological polar surface area (TPSA) is 48.0 Å². The van der Waals surface area contributed by atoms with E-state index in [1.54, 1.807) is 0 Å². The van der Waals surface area contributed by atoms with Crippen LogP contribution in [0.15, 0.2) is 18.3 Å². The largest absolute Gasteiger partial charge is 0.389 e. The highest BCUT2D eigenvalue weighted by Crippen LogP contribution is 2.20. The molecule has 3 heteroatoms. The highest BCUT2D eigenvalue weighted by atomic mass is 16.3. The fourth-order valence-corrected chi connectivity index (χ4v) is 1.53. The summed E-state index contributed by atoms with van der Waals surface area (Å²) >= 11 is 0. The number of hydrogen-bond donors (Lipinski definition) is 3. The van der Waals surface area contributed by atoms with Gasteiger partial charge >= 0.3 is 0 Å². The zero-order chi connectivity index (χ0) is 11.5. The Morgan fingerprint density at radius 1 is 1.27 bits per heavy atom. The van der Waals surface area contributed by atoms with Crippen LogP contribution in [0.1, 0.15) is 33.4 Å². The predicted molar refractivity (Wildman–Crippen MR) is 63.0 cm³/mol. The molecule has 1 heterocycles. The van der Waals surface area contributed by atoms with Crippen molar-refractivity contribution in [3.05, 3.63) is 24.0 Å². The first-order valence-corrected chi connectivity index (χ1v) is 5.38. The van der Waals surface area contributed by atoms with Gasteiger partial charge in [0.1, 0.15) is 0 Å². The minimum Gasteiger partial charge on any atom is -0.389 e. The van der Waals surface area contributed by atoms with E-state index in [1.807, 2.05) is 26.1 Å². The fraction of sp³-hybridized carbons (Fsp3) is 0.667. The zero-order valence-electron chi connectivity index (χ0n) is 10.1. The Labute approximate surface area is 91.9 Å². The van der Waals surface area contributed by atoms with Crippen molar-refractivity contribution in [2.24, 2.45) is 0 Å². The molecule has 0 aliphatic carbocycles. The van der Waals surface area contributed by atoms with E-state index in [-0.39, 0.29) is 5.41 Å². The number of rotatable bonds is 5. The number of hydrogen-bond acceptors (Lipinski definition) is 2. The van der Waals surface area contributed by atoms with Gasteiger partial charge in [-0.05, 0) is 26.0 Å². The minimum absolute atomic E-state index is 0.0642. The summed E-state index contributed by atoms with van der Waals surface area (Å²) in [5.74, 6) is 0. The molecule has 0 atom stereocenters. The molecule has 0 fully saturated rings. The first-order chi connectivity index (χ1) is 6.81. The smallest absolute Gasteiger partial charge is 0.0715 e. The second-order valence-electron chi connectivity index (χ2n) is 5.38. The lowest BCUT2D eigenvalue weighted by Crippen LogP contribution is -2.41. The summed E-state index contributed by atoms with van der Waals surface area (Å²) in [6.45, 7) is 9.42. The molecule has 1 aromatic heterocycles. The zero-order valence-corrected chi connectivity index (χ0v) is 10.1. The summed E-state index contributed by atoms with van der Waals surface area (Å²) in [6, 6.07) is 4.10. The maximum Gasteiger partial charge on any atom is 0.0715 e. The van der Waals surface area contributed by atoms with Gasteiger partial charge in [-0.1, -0.05) is 13.8 Å². The van der Waals surface area contributed by atoms with E-state index >= 15 is 0 Å². The van der Waals surface area contributed by atoms with Crippen molar-refractivity contribution in [1.29, 1.82) is 0 Å². The summed E-state index contributed by atoms with van der Waals surface area (Å²) in [6.07, 6.45) is 1.94. The summed E-state index contributed by atoms with van der Waals surface area (Å²) in [4.78, 5) is 3.22. The third-order valence-electron chi connectivity index (χ3n) is 2.45. The molecule has 0 radical (unpaired) electrons. The summed E-state index contributed by atoms with van der Waals surface area (Å²) < 4.78 is 0. The lowest BCUT2D eigenvalue weighted by molar-refractivity contribution is 0.0785. The summed E-state index contributed by atoms with van der Waals surface area (Å²) in [5.41, 5.74) is 0.631. The van der Waals surface area contributed by atoms with Gasteiger partial charge in [-0.3, -0.25) is 0 Å². The monoisotopic (exact) mass is 210 g/mol. The number of aromatic amines is 1. The highest BCUT2D eigenvalue weighted by Gasteiger charge is 2.22. The van der Waals surface area contributed by atoms with Crippen molar-refractivity contribution in [3.63, 3.8) is 0 Å². The van der Waals surface area contributed by atoms with Crippen molar-refractivity contribution in [2.45, 2.75) is 38.7 Å². The first-order valence-electron chi connectivity index (χ1n) is 5.38. The molecule has 0 aromatic carbocycles. The molecule has 0 aliphatic rings. The second-order valence-corrected chi connectivity index (χ2v) is 5.38. The van der Waals surface area contributed by atoms with Gasteiger partial charge in [-0.15, -0.1) is 0 Å². The van der Waals surface area contributed by atoms with Gasteiger partial charge in [0.15, 0.2) is 0 Å². The maximum absolute atomic E-state index is 9.57. The van der Waals surface area contributed by atoms with E-state index in [1.165, 1.54) is 5.69 Å². The van der Waals surface area contributed by atoms with E-state index in [0.717, 1.165) is 6.54 Å². The minimum atomic E-state index is -0.647. The van der Waals surface area contributed by atoms with Crippen molar-refractivity contribution in [3.8, 4) is 0 Å². The van der Waals surface area contributed by atoms with Gasteiger partial charge in [0.05, 0.1) is 5.60 Å². The van der Waals surface area contributed by atoms with Crippen LogP contribution in [0.5, 0.6) is 0 Å². The molecule has 1 aromatic rings. The molecule has 0 unspecified atom stereocenters. The maximum atomic E-state index is 9.57. The van der Waals surface area contributed by atoms with Crippen LogP contribution >= 0.6 is 0 Å². The average Bonchev–Trinajstić information content (AvgIpc) is 2.52. The lowest BCUT2D eigenvalue weighted by atomic mass is 9.89. The van der Waals surface area contributed by atoms with Crippen LogP contribution in [0.25, 0.3) is 0 Å². The predicted octanol–water partition coefficient (Wildman–Crippen LogP) is 1.65. The molecule has 0 amide bonds. The van der Waals surface area contributed by atoms with Gasteiger partial charge in [0.25, 0.3) is 0 Å². The van der Waals surface area contributed by atoms with Crippen LogP contribution in [0.3, 0.4) is 0 Å². The van der Waals surface area contributed by atoms with Crippen LogP contribution < -0.4 is 5.32 Å². The molecule has 0 bridgehead atoms. The Kier molecular flexibility index (Phi) is 3.58. The van der Waals surface area contributed by atoms with Crippen LogP contribution in [-0.4, -0.2) is 28.8 Å². The first kappa shape index (κ1) is 12.3. The number of nitrogens with one attached hydrogen (secondary N) is 2. The van der Waals surface area contributed by atoms with Crippen molar-refractivity contribution < 1.29 is 5.11 Å². The molecule has 0 saturated carbocycles. The Bertz CT molecular complexity index is 283. The Morgan fingerprint density at radius 3 is 2.40 bits per heavy atom. The normalized spacial score (nSPS) is 13.1. The molecule has 3 nitrogen and oxygen atoms in total. The second kappa shape index (κ2) is 4.37. The van der Waals surface area contributed by atoms with Crippen LogP contribution in [0.2, 0.25) is 0 Å². The van der Waals surface area contributed by atoms with Gasteiger partial charge in [-0.25, -0.2) is 0 Å². The van der Waals surface area contributed by atoms with Crippen molar-refractivity contribution >= 4 is 0 Å². The molecular weight excluding hydrogens is 188 g/mol. The molecule has 0 spiro atoms. The van der Waals surface area contributed by atoms with E-state index in [0.29, 0.717) is 6.54 Å². The third-order valence-corrected chi connectivity index (χ3v) is 2.45. The standard InChI is InChI=1S/C12H22N2O/c1-11(2,10-6-5-7-14-10)8-13-9-12(3,4)15/h5-7,13-15H,8-9H2,1-4H3. The molecular formula is C12H22N2O. The molecule has 86 valence electrons. The van der Waals surface area contributed by atoms with E-state index < -0.39 is 5.60 Å². The van der Waals surface area contributed by atoms with Crippen LogP contribution in [0.4, 0.5) is 0 Å². The van der Waals surface area contributed by atoms with Gasteiger partial charge in [0, 0.05) is 30.4 Å². The van der Waals surface area contributed by atoms with E-state index in [4.69, 9.17) is 0 Å². The molecule has 3 N–H and O–H groups in total. The van der Waals surface area contributed by atoms with Gasteiger partial charge in [-0.2, -0.15) is 0 Å².